The quantitative estimate of drug-likeness (QED) is 0.667. The second-order valence-corrected chi connectivity index (χ2v) is 5.69. The molecule has 23 heavy (non-hydrogen) atoms. The number of nitrogens with zero attached hydrogens (tertiary/aromatic N) is 1. The third-order valence-electron chi connectivity index (χ3n) is 3.24. The summed E-state index contributed by atoms with van der Waals surface area (Å²) in [6, 6.07) is 8.88. The minimum absolute atomic E-state index is 0.345. The lowest BCUT2D eigenvalue weighted by molar-refractivity contribution is -0.127. The van der Waals surface area contributed by atoms with E-state index < -0.39 is 6.10 Å². The van der Waals surface area contributed by atoms with Crippen molar-refractivity contribution in [2.45, 2.75) is 33.8 Å². The van der Waals surface area contributed by atoms with Crippen molar-refractivity contribution in [3.8, 4) is 5.75 Å². The number of benzene rings is 1. The Labute approximate surface area is 140 Å². The van der Waals surface area contributed by atoms with Gasteiger partial charge in [0.15, 0.2) is 6.10 Å². The molecule has 0 aliphatic heterocycles. The Bertz CT molecular complexity index is 737. The van der Waals surface area contributed by atoms with Crippen LogP contribution in [0.25, 0.3) is 0 Å². The summed E-state index contributed by atoms with van der Waals surface area (Å²) in [6.07, 6.45) is -0.690. The molecule has 1 aromatic heterocycles. The molecular weight excluding hydrogens is 316 g/mol. The summed E-state index contributed by atoms with van der Waals surface area (Å²) >= 11 is 5.90. The lowest BCUT2D eigenvalue weighted by atomic mass is 10.2. The van der Waals surface area contributed by atoms with Crippen molar-refractivity contribution in [3.05, 3.63) is 52.4 Å². The average molecular weight is 335 g/mol. The van der Waals surface area contributed by atoms with Gasteiger partial charge in [-0.2, -0.15) is 5.10 Å². The number of nitrogens with one attached hydrogen (secondary N) is 1. The Morgan fingerprint density at radius 2 is 2.04 bits per heavy atom. The first kappa shape index (κ1) is 17.1. The second kappa shape index (κ2) is 7.33. The molecule has 0 spiro atoms. The van der Waals surface area contributed by atoms with Crippen molar-refractivity contribution in [1.82, 2.24) is 5.43 Å². The van der Waals surface area contributed by atoms with Crippen LogP contribution in [-0.4, -0.2) is 17.7 Å². The number of furan rings is 1. The number of carbonyl (C=O) groups is 1. The summed E-state index contributed by atoms with van der Waals surface area (Å²) in [5.74, 6) is 1.67. The summed E-state index contributed by atoms with van der Waals surface area (Å²) in [4.78, 5) is 12.1. The fourth-order valence-corrected chi connectivity index (χ4v) is 2.13. The molecule has 0 fully saturated rings. The van der Waals surface area contributed by atoms with E-state index in [0.717, 1.165) is 11.3 Å². The number of hydrogen-bond donors (Lipinski definition) is 1. The molecule has 0 aliphatic rings. The molecule has 6 heteroatoms. The van der Waals surface area contributed by atoms with Gasteiger partial charge >= 0.3 is 0 Å². The zero-order valence-electron chi connectivity index (χ0n) is 13.5. The SMILES string of the molecule is C/C(=N/NC(=O)[C@@H](C)Oc1ccc(Cl)cc1C)c1ccc(C)o1. The number of aryl methyl sites for hydroxylation is 2. The lowest BCUT2D eigenvalue weighted by Gasteiger charge is -2.15. The highest BCUT2D eigenvalue weighted by atomic mass is 35.5. The van der Waals surface area contributed by atoms with Gasteiger partial charge in [0.1, 0.15) is 23.0 Å². The van der Waals surface area contributed by atoms with E-state index in [-0.39, 0.29) is 5.91 Å². The highest BCUT2D eigenvalue weighted by molar-refractivity contribution is 6.30. The molecule has 0 aliphatic carbocycles. The van der Waals surface area contributed by atoms with E-state index in [9.17, 15) is 4.79 Å². The number of halogens is 1. The van der Waals surface area contributed by atoms with Gasteiger partial charge in [-0.15, -0.1) is 0 Å². The highest BCUT2D eigenvalue weighted by Gasteiger charge is 2.15. The zero-order valence-corrected chi connectivity index (χ0v) is 14.3. The smallest absolute Gasteiger partial charge is 0.280 e. The molecule has 1 N–H and O–H groups in total. The van der Waals surface area contributed by atoms with Crippen LogP contribution in [0.1, 0.15) is 30.9 Å². The van der Waals surface area contributed by atoms with Gasteiger partial charge in [0.2, 0.25) is 0 Å². The molecule has 122 valence electrons. The average Bonchev–Trinajstić information content (AvgIpc) is 2.93. The maximum Gasteiger partial charge on any atom is 0.280 e. The molecule has 0 unspecified atom stereocenters. The maximum atomic E-state index is 12.1. The monoisotopic (exact) mass is 334 g/mol. The van der Waals surface area contributed by atoms with Crippen LogP contribution in [0.4, 0.5) is 0 Å². The molecule has 1 aromatic carbocycles. The molecule has 1 heterocycles. The molecule has 1 atom stereocenters. The van der Waals surface area contributed by atoms with E-state index in [1.165, 1.54) is 0 Å². The minimum Gasteiger partial charge on any atom is -0.481 e. The van der Waals surface area contributed by atoms with Crippen molar-refractivity contribution < 1.29 is 13.9 Å². The van der Waals surface area contributed by atoms with Crippen LogP contribution in [0, 0.1) is 13.8 Å². The van der Waals surface area contributed by atoms with Gasteiger partial charge in [0.25, 0.3) is 5.91 Å². The predicted molar refractivity (Wildman–Crippen MR) is 90.1 cm³/mol. The third kappa shape index (κ3) is 4.60. The van der Waals surface area contributed by atoms with Crippen molar-refractivity contribution in [1.29, 1.82) is 0 Å². The fourth-order valence-electron chi connectivity index (χ4n) is 1.90. The zero-order chi connectivity index (χ0) is 17.0. The van der Waals surface area contributed by atoms with Gasteiger partial charge in [0, 0.05) is 5.02 Å². The summed E-state index contributed by atoms with van der Waals surface area (Å²) in [6.45, 7) is 7.13. The number of carbonyl (C=O) groups excluding carboxylic acids is 1. The maximum absolute atomic E-state index is 12.1. The fraction of sp³-hybridized carbons (Fsp3) is 0.294. The summed E-state index contributed by atoms with van der Waals surface area (Å²) in [5, 5.41) is 4.66. The van der Waals surface area contributed by atoms with E-state index in [4.69, 9.17) is 20.8 Å². The summed E-state index contributed by atoms with van der Waals surface area (Å²) in [7, 11) is 0. The van der Waals surface area contributed by atoms with Crippen molar-refractivity contribution in [3.63, 3.8) is 0 Å². The predicted octanol–water partition coefficient (Wildman–Crippen LogP) is 3.86. The van der Waals surface area contributed by atoms with Gasteiger partial charge in [0.05, 0.1) is 0 Å². The summed E-state index contributed by atoms with van der Waals surface area (Å²) < 4.78 is 11.1. The van der Waals surface area contributed by atoms with E-state index >= 15 is 0 Å². The van der Waals surface area contributed by atoms with Crippen molar-refractivity contribution in [2.75, 3.05) is 0 Å². The standard InChI is InChI=1S/C17H19ClN2O3/c1-10-9-14(18)6-8-15(10)23-13(4)17(21)20-19-12(3)16-7-5-11(2)22-16/h5-9,13H,1-4H3,(H,20,21)/b19-12-/t13-/m1/s1. The van der Waals surface area contributed by atoms with Crippen molar-refractivity contribution >= 4 is 23.2 Å². The Kier molecular flexibility index (Phi) is 5.45. The Morgan fingerprint density at radius 3 is 2.65 bits per heavy atom. The van der Waals surface area contributed by atoms with E-state index in [1.54, 1.807) is 38.1 Å². The Hall–Kier alpha value is -2.27. The molecule has 0 saturated carbocycles. The minimum atomic E-state index is -0.690. The normalized spacial score (nSPS) is 12.8. The van der Waals surface area contributed by atoms with Gasteiger partial charge in [-0.3, -0.25) is 4.79 Å². The van der Waals surface area contributed by atoms with Crippen LogP contribution in [0.3, 0.4) is 0 Å². The molecule has 1 amide bonds. The molecule has 2 rings (SSSR count). The Morgan fingerprint density at radius 1 is 1.30 bits per heavy atom. The van der Waals surface area contributed by atoms with Crippen LogP contribution in [0.5, 0.6) is 5.75 Å². The first-order chi connectivity index (χ1) is 10.9. The molecule has 0 radical (unpaired) electrons. The van der Waals surface area contributed by atoms with E-state index in [2.05, 4.69) is 10.5 Å². The lowest BCUT2D eigenvalue weighted by Crippen LogP contribution is -2.34. The largest absolute Gasteiger partial charge is 0.481 e. The molecule has 5 nitrogen and oxygen atoms in total. The summed E-state index contributed by atoms with van der Waals surface area (Å²) in [5.41, 5.74) is 3.93. The van der Waals surface area contributed by atoms with Crippen LogP contribution < -0.4 is 10.2 Å². The van der Waals surface area contributed by atoms with Gasteiger partial charge in [-0.25, -0.2) is 5.43 Å². The van der Waals surface area contributed by atoms with Gasteiger partial charge in [-0.05, 0) is 63.6 Å². The van der Waals surface area contributed by atoms with Crippen LogP contribution in [0.15, 0.2) is 39.9 Å². The molecule has 2 aromatic rings. The number of hydrogen-bond acceptors (Lipinski definition) is 4. The molecular formula is C17H19ClN2O3. The van der Waals surface area contributed by atoms with Gasteiger partial charge in [-0.1, -0.05) is 11.6 Å². The Balaban J connectivity index is 1.97. The number of hydrazone groups is 1. The topological polar surface area (TPSA) is 63.8 Å². The number of amides is 1. The van der Waals surface area contributed by atoms with Crippen LogP contribution in [-0.2, 0) is 4.79 Å². The molecule has 0 saturated heterocycles. The third-order valence-corrected chi connectivity index (χ3v) is 3.48. The van der Waals surface area contributed by atoms with E-state index in [0.29, 0.717) is 22.2 Å². The van der Waals surface area contributed by atoms with Crippen LogP contribution >= 0.6 is 11.6 Å². The molecule has 0 bridgehead atoms. The first-order valence-electron chi connectivity index (χ1n) is 7.20. The van der Waals surface area contributed by atoms with Crippen molar-refractivity contribution in [2.24, 2.45) is 5.10 Å². The number of ether oxygens (including phenoxy) is 1. The van der Waals surface area contributed by atoms with Crippen LogP contribution in [0.2, 0.25) is 5.02 Å². The van der Waals surface area contributed by atoms with E-state index in [1.807, 2.05) is 19.9 Å². The first-order valence-corrected chi connectivity index (χ1v) is 7.58. The second-order valence-electron chi connectivity index (χ2n) is 5.25. The number of rotatable bonds is 5. The highest BCUT2D eigenvalue weighted by Crippen LogP contribution is 2.22. The van der Waals surface area contributed by atoms with Gasteiger partial charge < -0.3 is 9.15 Å².